The molecule has 0 amide bonds. The van der Waals surface area contributed by atoms with Crippen LogP contribution in [-0.4, -0.2) is 35.1 Å². The maximum atomic E-state index is 13.1. The van der Waals surface area contributed by atoms with Gasteiger partial charge in [-0.15, -0.1) is 0 Å². The number of anilines is 2. The summed E-state index contributed by atoms with van der Waals surface area (Å²) in [5.41, 5.74) is 2.81. The summed E-state index contributed by atoms with van der Waals surface area (Å²) < 4.78 is 28.3. The van der Waals surface area contributed by atoms with Crippen LogP contribution in [-0.2, 0) is 10.0 Å². The van der Waals surface area contributed by atoms with Gasteiger partial charge in [0.05, 0.1) is 27.6 Å². The predicted octanol–water partition coefficient (Wildman–Crippen LogP) is 3.32. The number of hydrogen-bond donors (Lipinski definition) is 3. The number of pyridine rings is 1. The van der Waals surface area contributed by atoms with Gasteiger partial charge >= 0.3 is 5.97 Å². The Kier molecular flexibility index (Phi) is 6.45. The second kappa shape index (κ2) is 9.22. The minimum absolute atomic E-state index is 0.0425. The average Bonchev–Trinajstić information content (AvgIpc) is 2.77. The number of aromatic nitrogens is 1. The van der Waals surface area contributed by atoms with Crippen molar-refractivity contribution in [3.8, 4) is 0 Å². The molecule has 3 rings (SSSR count). The lowest BCUT2D eigenvalue weighted by Gasteiger charge is -2.13. The van der Waals surface area contributed by atoms with Crippen LogP contribution in [0.4, 0.5) is 17.1 Å². The Morgan fingerprint density at radius 1 is 1.12 bits per heavy atom. The molecule has 1 heterocycles. The van der Waals surface area contributed by atoms with Crippen molar-refractivity contribution in [3.05, 3.63) is 88.2 Å². The van der Waals surface area contributed by atoms with E-state index in [9.17, 15) is 28.4 Å². The molecule has 0 saturated heterocycles. The number of carboxylic acid groups (broad SMARTS) is 1. The quantitative estimate of drug-likeness (QED) is 0.264. The minimum Gasteiger partial charge on any atom is -0.478 e. The van der Waals surface area contributed by atoms with E-state index in [1.165, 1.54) is 30.3 Å². The number of carbonyl (C=O) groups is 1. The van der Waals surface area contributed by atoms with Gasteiger partial charge < -0.3 is 5.11 Å². The lowest BCUT2D eigenvalue weighted by Crippen LogP contribution is -2.17. The van der Waals surface area contributed by atoms with Crippen LogP contribution in [0.25, 0.3) is 0 Å². The third-order valence-corrected chi connectivity index (χ3v) is 5.70. The summed E-state index contributed by atoms with van der Waals surface area (Å²) in [5.74, 6) is -1.34. The lowest BCUT2D eigenvalue weighted by molar-refractivity contribution is -0.385. The fourth-order valence-corrected chi connectivity index (χ4v) is 3.94. The number of nitro benzene ring substituents is 1. The van der Waals surface area contributed by atoms with Crippen LogP contribution < -0.4 is 10.1 Å². The van der Waals surface area contributed by atoms with E-state index in [1.54, 1.807) is 31.5 Å². The van der Waals surface area contributed by atoms with Crippen molar-refractivity contribution in [2.45, 2.75) is 11.8 Å². The van der Waals surface area contributed by atoms with E-state index >= 15 is 0 Å². The number of aromatic carboxylic acids is 1. The lowest BCUT2D eigenvalue weighted by atomic mass is 10.2. The second-order valence-electron chi connectivity index (χ2n) is 6.44. The topological polar surface area (TPSA) is 164 Å². The van der Waals surface area contributed by atoms with Crippen LogP contribution in [0.15, 0.2) is 77.0 Å². The summed E-state index contributed by atoms with van der Waals surface area (Å²) in [7, 11) is -4.43. The Labute approximate surface area is 182 Å². The molecule has 3 aromatic rings. The largest absolute Gasteiger partial charge is 0.478 e. The van der Waals surface area contributed by atoms with E-state index in [2.05, 4.69) is 20.2 Å². The predicted molar refractivity (Wildman–Crippen MR) is 117 cm³/mol. The molecule has 0 saturated carbocycles. The summed E-state index contributed by atoms with van der Waals surface area (Å²) in [4.78, 5) is 25.4. The normalized spacial score (nSPS) is 11.6. The molecule has 1 aromatic heterocycles. The van der Waals surface area contributed by atoms with Crippen LogP contribution in [0.1, 0.15) is 22.8 Å². The van der Waals surface area contributed by atoms with Crippen molar-refractivity contribution in [2.75, 3.05) is 10.1 Å². The maximum Gasteiger partial charge on any atom is 0.337 e. The number of carboxylic acids is 1. The highest BCUT2D eigenvalue weighted by Gasteiger charge is 2.24. The van der Waals surface area contributed by atoms with Crippen LogP contribution in [0, 0.1) is 10.1 Å². The number of sulfonamides is 1. The van der Waals surface area contributed by atoms with E-state index in [4.69, 9.17) is 0 Å². The van der Waals surface area contributed by atoms with Gasteiger partial charge in [-0.1, -0.05) is 18.2 Å². The molecule has 0 aliphatic rings. The van der Waals surface area contributed by atoms with E-state index in [0.29, 0.717) is 11.3 Å². The molecule has 2 aromatic carbocycles. The number of para-hydroxylation sites is 1. The van der Waals surface area contributed by atoms with Gasteiger partial charge in [-0.05, 0) is 31.2 Å². The monoisotopic (exact) mass is 455 g/mol. The SMILES string of the molecule is C/C(=N/Nc1ccc([N+](=O)[O-])cc1S(=O)(=O)Nc1ccccc1C(=O)O)c1cccnc1. The summed E-state index contributed by atoms with van der Waals surface area (Å²) in [6.45, 7) is 1.67. The Hall–Kier alpha value is -4.32. The fraction of sp³-hybridized carbons (Fsp3) is 0.0500. The highest BCUT2D eigenvalue weighted by molar-refractivity contribution is 7.93. The number of benzene rings is 2. The first-order chi connectivity index (χ1) is 15.2. The molecule has 12 heteroatoms. The number of non-ortho nitro benzene ring substituents is 1. The second-order valence-corrected chi connectivity index (χ2v) is 8.10. The van der Waals surface area contributed by atoms with Crippen molar-refractivity contribution in [2.24, 2.45) is 5.10 Å². The summed E-state index contributed by atoms with van der Waals surface area (Å²) in [5, 5.41) is 24.6. The zero-order valence-corrected chi connectivity index (χ0v) is 17.4. The minimum atomic E-state index is -4.43. The zero-order chi connectivity index (χ0) is 23.3. The first-order valence-electron chi connectivity index (χ1n) is 9.03. The van der Waals surface area contributed by atoms with Gasteiger partial charge in [-0.2, -0.15) is 5.10 Å². The highest BCUT2D eigenvalue weighted by Crippen LogP contribution is 2.29. The number of nitro groups is 1. The average molecular weight is 455 g/mol. The Morgan fingerprint density at radius 2 is 1.88 bits per heavy atom. The summed E-state index contributed by atoms with van der Waals surface area (Å²) in [6, 6.07) is 12.1. The molecule has 0 spiro atoms. The van der Waals surface area contributed by atoms with Gasteiger partial charge in [0.2, 0.25) is 0 Å². The Morgan fingerprint density at radius 3 is 2.53 bits per heavy atom. The zero-order valence-electron chi connectivity index (χ0n) is 16.6. The molecule has 0 atom stereocenters. The highest BCUT2D eigenvalue weighted by atomic mass is 32.2. The third-order valence-electron chi connectivity index (χ3n) is 4.29. The summed E-state index contributed by atoms with van der Waals surface area (Å²) in [6.07, 6.45) is 3.16. The van der Waals surface area contributed by atoms with Crippen molar-refractivity contribution in [1.29, 1.82) is 0 Å². The fourth-order valence-electron chi connectivity index (χ4n) is 2.68. The standard InChI is InChI=1S/C20H17N5O6S/c1-13(14-5-4-10-21-12-14)22-23-18-9-8-15(25(28)29)11-19(18)32(30,31)24-17-7-3-2-6-16(17)20(26)27/h2-12,23-24H,1H3,(H,26,27)/b22-13-. The van der Waals surface area contributed by atoms with E-state index in [0.717, 1.165) is 12.1 Å². The van der Waals surface area contributed by atoms with Crippen LogP contribution in [0.5, 0.6) is 0 Å². The molecule has 3 N–H and O–H groups in total. The van der Waals surface area contributed by atoms with Gasteiger partial charge in [-0.25, -0.2) is 13.2 Å². The maximum absolute atomic E-state index is 13.1. The molecular formula is C20H17N5O6S. The first kappa shape index (κ1) is 22.4. The number of hydrogen-bond acceptors (Lipinski definition) is 8. The molecule has 0 radical (unpaired) electrons. The van der Waals surface area contributed by atoms with Gasteiger partial charge in [0.15, 0.2) is 0 Å². The van der Waals surface area contributed by atoms with Crippen LogP contribution in [0.3, 0.4) is 0 Å². The number of nitrogens with zero attached hydrogens (tertiary/aromatic N) is 3. The van der Waals surface area contributed by atoms with Crippen molar-refractivity contribution >= 4 is 38.8 Å². The van der Waals surface area contributed by atoms with Gasteiger partial charge in [-0.3, -0.25) is 25.2 Å². The van der Waals surface area contributed by atoms with E-state index in [-0.39, 0.29) is 16.9 Å². The van der Waals surface area contributed by atoms with Crippen molar-refractivity contribution < 1.29 is 23.2 Å². The Bertz CT molecular complexity index is 1310. The molecule has 11 nitrogen and oxygen atoms in total. The van der Waals surface area contributed by atoms with Crippen molar-refractivity contribution in [1.82, 2.24) is 4.98 Å². The molecule has 0 fully saturated rings. The Balaban J connectivity index is 2.03. The van der Waals surface area contributed by atoms with Crippen LogP contribution >= 0.6 is 0 Å². The molecule has 0 bridgehead atoms. The summed E-state index contributed by atoms with van der Waals surface area (Å²) >= 11 is 0. The molecule has 164 valence electrons. The molecular weight excluding hydrogens is 438 g/mol. The van der Waals surface area contributed by atoms with Gasteiger partial charge in [0.25, 0.3) is 15.7 Å². The van der Waals surface area contributed by atoms with Gasteiger partial charge in [0.1, 0.15) is 4.90 Å². The van der Waals surface area contributed by atoms with Crippen LogP contribution in [0.2, 0.25) is 0 Å². The number of nitrogens with one attached hydrogen (secondary N) is 2. The number of rotatable bonds is 8. The third kappa shape index (κ3) is 5.05. The van der Waals surface area contributed by atoms with E-state index in [1.807, 2.05) is 0 Å². The van der Waals surface area contributed by atoms with Crippen molar-refractivity contribution in [3.63, 3.8) is 0 Å². The first-order valence-corrected chi connectivity index (χ1v) is 10.5. The van der Waals surface area contributed by atoms with Gasteiger partial charge in [0, 0.05) is 30.1 Å². The molecule has 32 heavy (non-hydrogen) atoms. The smallest absolute Gasteiger partial charge is 0.337 e. The van der Waals surface area contributed by atoms with E-state index < -0.39 is 31.5 Å². The number of hydrazone groups is 1. The molecule has 0 aliphatic carbocycles. The molecule has 0 aliphatic heterocycles. The molecule has 0 unspecified atom stereocenters.